The molecule has 0 radical (unpaired) electrons. The number of benzene rings is 1. The van der Waals surface area contributed by atoms with Gasteiger partial charge in [0.25, 0.3) is 0 Å². The van der Waals surface area contributed by atoms with Crippen LogP contribution in [0.3, 0.4) is 0 Å². The highest BCUT2D eigenvalue weighted by molar-refractivity contribution is 7.89. The Morgan fingerprint density at radius 1 is 1.47 bits per heavy atom. The monoisotopic (exact) mass is 255 g/mol. The first kappa shape index (κ1) is 13.7. The van der Waals surface area contributed by atoms with Crippen LogP contribution in [0.15, 0.2) is 29.2 Å². The molecule has 1 rings (SSSR count). The maximum Gasteiger partial charge on any atom is 0.243 e. The number of sulfonamides is 1. The molecule has 0 fully saturated rings. The van der Waals surface area contributed by atoms with Gasteiger partial charge >= 0.3 is 0 Å². The summed E-state index contributed by atoms with van der Waals surface area (Å²) >= 11 is 0. The van der Waals surface area contributed by atoms with Crippen molar-refractivity contribution >= 4 is 15.9 Å². The lowest BCUT2D eigenvalue weighted by Crippen LogP contribution is -2.37. The minimum Gasteiger partial charge on any atom is -0.387 e. The molecule has 0 aliphatic carbocycles. The van der Waals surface area contributed by atoms with E-state index in [-0.39, 0.29) is 23.8 Å². The number of rotatable bonds is 5. The smallest absolute Gasteiger partial charge is 0.243 e. The van der Waals surface area contributed by atoms with Crippen molar-refractivity contribution in [3.05, 3.63) is 29.8 Å². The Balaban J connectivity index is 3.13. The van der Waals surface area contributed by atoms with Crippen LogP contribution in [0.5, 0.6) is 0 Å². The number of nitrogens with zero attached hydrogens (tertiary/aromatic N) is 1. The highest BCUT2D eigenvalue weighted by Gasteiger charge is 2.23. The number of nitrogens with one attached hydrogen (secondary N) is 1. The molecule has 0 atom stereocenters. The zero-order chi connectivity index (χ0) is 13.1. The van der Waals surface area contributed by atoms with Gasteiger partial charge < -0.3 is 5.73 Å². The third-order valence-electron chi connectivity index (χ3n) is 2.33. The molecule has 0 spiro atoms. The molecule has 0 saturated heterocycles. The van der Waals surface area contributed by atoms with Gasteiger partial charge in [0.05, 0.1) is 11.4 Å². The summed E-state index contributed by atoms with van der Waals surface area (Å²) in [6.07, 6.45) is 0. The van der Waals surface area contributed by atoms with E-state index in [1.807, 2.05) is 13.0 Å². The van der Waals surface area contributed by atoms with Gasteiger partial charge in [-0.2, -0.15) is 4.31 Å². The summed E-state index contributed by atoms with van der Waals surface area (Å²) in [6.45, 7) is 3.76. The van der Waals surface area contributed by atoms with Crippen molar-refractivity contribution in [1.82, 2.24) is 4.31 Å². The van der Waals surface area contributed by atoms with Gasteiger partial charge in [-0.15, -0.1) is 0 Å². The summed E-state index contributed by atoms with van der Waals surface area (Å²) in [7, 11) is -3.56. The Bertz CT molecular complexity index is 511. The largest absolute Gasteiger partial charge is 0.387 e. The average molecular weight is 255 g/mol. The van der Waals surface area contributed by atoms with Gasteiger partial charge in [-0.05, 0) is 24.6 Å². The molecule has 1 aromatic rings. The molecule has 1 aromatic carbocycles. The number of amidine groups is 1. The lowest BCUT2D eigenvalue weighted by molar-refractivity contribution is 0.466. The molecule has 0 heterocycles. The second kappa shape index (κ2) is 5.29. The lowest BCUT2D eigenvalue weighted by atomic mass is 10.2. The third-order valence-corrected chi connectivity index (χ3v) is 4.24. The van der Waals surface area contributed by atoms with Crippen molar-refractivity contribution in [2.24, 2.45) is 5.73 Å². The molecule has 0 bridgehead atoms. The first-order valence-electron chi connectivity index (χ1n) is 5.27. The summed E-state index contributed by atoms with van der Waals surface area (Å²) < 4.78 is 25.6. The molecule has 0 aliphatic rings. The summed E-state index contributed by atoms with van der Waals surface area (Å²) in [4.78, 5) is 0.237. The highest BCUT2D eigenvalue weighted by Crippen LogP contribution is 2.16. The quantitative estimate of drug-likeness (QED) is 0.606. The molecule has 94 valence electrons. The number of likely N-dealkylation sites (N-methyl/N-ethyl adjacent to an activating group) is 1. The van der Waals surface area contributed by atoms with E-state index >= 15 is 0 Å². The molecule has 0 unspecified atom stereocenters. The zero-order valence-electron chi connectivity index (χ0n) is 9.97. The summed E-state index contributed by atoms with van der Waals surface area (Å²) in [5.74, 6) is -0.164. The van der Waals surface area contributed by atoms with E-state index in [1.54, 1.807) is 25.1 Å². The number of hydrogen-bond acceptors (Lipinski definition) is 3. The predicted octanol–water partition coefficient (Wildman–Crippen LogP) is 0.942. The van der Waals surface area contributed by atoms with Gasteiger partial charge in [-0.1, -0.05) is 19.1 Å². The average Bonchev–Trinajstić information content (AvgIpc) is 2.25. The molecule has 3 N–H and O–H groups in total. The molecule has 0 amide bonds. The van der Waals surface area contributed by atoms with Crippen LogP contribution >= 0.6 is 0 Å². The fraction of sp³-hybridized carbons (Fsp3) is 0.364. The van der Waals surface area contributed by atoms with Crippen molar-refractivity contribution in [2.45, 2.75) is 18.7 Å². The maximum absolute atomic E-state index is 12.2. The SMILES string of the molecule is CCN(CC(=N)N)S(=O)(=O)c1cccc(C)c1. The zero-order valence-corrected chi connectivity index (χ0v) is 10.8. The van der Waals surface area contributed by atoms with Gasteiger partial charge in [0.2, 0.25) is 10.0 Å². The lowest BCUT2D eigenvalue weighted by Gasteiger charge is -2.19. The van der Waals surface area contributed by atoms with Gasteiger partial charge in [-0.3, -0.25) is 5.41 Å². The van der Waals surface area contributed by atoms with Crippen molar-refractivity contribution < 1.29 is 8.42 Å². The molecular weight excluding hydrogens is 238 g/mol. The van der Waals surface area contributed by atoms with E-state index in [9.17, 15) is 8.42 Å². The second-order valence-electron chi connectivity index (χ2n) is 3.77. The molecular formula is C11H17N3O2S. The van der Waals surface area contributed by atoms with Crippen molar-refractivity contribution in [3.8, 4) is 0 Å². The molecule has 0 saturated carbocycles. The van der Waals surface area contributed by atoms with E-state index in [2.05, 4.69) is 0 Å². The van der Waals surface area contributed by atoms with E-state index in [1.165, 1.54) is 4.31 Å². The van der Waals surface area contributed by atoms with Crippen LogP contribution in [-0.2, 0) is 10.0 Å². The topological polar surface area (TPSA) is 87.2 Å². The minimum absolute atomic E-state index is 0.0766. The van der Waals surface area contributed by atoms with E-state index in [0.29, 0.717) is 0 Å². The predicted molar refractivity (Wildman–Crippen MR) is 67.5 cm³/mol. The molecule has 5 nitrogen and oxygen atoms in total. The van der Waals surface area contributed by atoms with Crippen LogP contribution < -0.4 is 5.73 Å². The Labute approximate surface area is 102 Å². The Kier molecular flexibility index (Phi) is 4.25. The van der Waals surface area contributed by atoms with Crippen LogP contribution in [0.4, 0.5) is 0 Å². The van der Waals surface area contributed by atoms with Gasteiger partial charge in [0, 0.05) is 6.54 Å². The van der Waals surface area contributed by atoms with E-state index in [0.717, 1.165) is 5.56 Å². The van der Waals surface area contributed by atoms with E-state index in [4.69, 9.17) is 11.1 Å². The van der Waals surface area contributed by atoms with Crippen LogP contribution in [-0.4, -0.2) is 31.6 Å². The number of hydrogen-bond donors (Lipinski definition) is 2. The van der Waals surface area contributed by atoms with Crippen molar-refractivity contribution in [2.75, 3.05) is 13.1 Å². The Hall–Kier alpha value is -1.40. The summed E-state index contributed by atoms with van der Waals surface area (Å²) in [5.41, 5.74) is 6.13. The molecule has 0 aromatic heterocycles. The second-order valence-corrected chi connectivity index (χ2v) is 5.71. The molecule has 6 heteroatoms. The number of nitrogens with two attached hydrogens (primary N) is 1. The first-order chi connectivity index (χ1) is 7.87. The Morgan fingerprint density at radius 2 is 2.12 bits per heavy atom. The Morgan fingerprint density at radius 3 is 2.59 bits per heavy atom. The minimum atomic E-state index is -3.56. The molecule has 0 aliphatic heterocycles. The van der Waals surface area contributed by atoms with Crippen molar-refractivity contribution in [1.29, 1.82) is 5.41 Å². The molecule has 17 heavy (non-hydrogen) atoms. The van der Waals surface area contributed by atoms with Crippen LogP contribution in [0.1, 0.15) is 12.5 Å². The van der Waals surface area contributed by atoms with Gasteiger partial charge in [0.15, 0.2) is 0 Å². The summed E-state index contributed by atoms with van der Waals surface area (Å²) in [5, 5.41) is 7.18. The highest BCUT2D eigenvalue weighted by atomic mass is 32.2. The maximum atomic E-state index is 12.2. The van der Waals surface area contributed by atoms with Crippen LogP contribution in [0.2, 0.25) is 0 Å². The van der Waals surface area contributed by atoms with Gasteiger partial charge in [0.1, 0.15) is 5.84 Å². The van der Waals surface area contributed by atoms with Crippen molar-refractivity contribution in [3.63, 3.8) is 0 Å². The first-order valence-corrected chi connectivity index (χ1v) is 6.71. The summed E-state index contributed by atoms with van der Waals surface area (Å²) in [6, 6.07) is 6.69. The standard InChI is InChI=1S/C11H17N3O2S/c1-3-14(8-11(12)13)17(15,16)10-6-4-5-9(2)7-10/h4-7H,3,8H2,1-2H3,(H3,12,13). The van der Waals surface area contributed by atoms with Crippen LogP contribution in [0.25, 0.3) is 0 Å². The normalized spacial score (nSPS) is 11.7. The third kappa shape index (κ3) is 3.28. The number of aryl methyl sites for hydroxylation is 1. The van der Waals surface area contributed by atoms with Crippen LogP contribution in [0, 0.1) is 12.3 Å². The fourth-order valence-electron chi connectivity index (χ4n) is 1.48. The fourth-order valence-corrected chi connectivity index (χ4v) is 3.01. The van der Waals surface area contributed by atoms with Gasteiger partial charge in [-0.25, -0.2) is 8.42 Å². The van der Waals surface area contributed by atoms with E-state index < -0.39 is 10.0 Å².